The molecule has 1 nitrogen and oxygen atoms in total. The van der Waals surface area contributed by atoms with E-state index in [2.05, 4.69) is 11.6 Å². The number of benzene rings is 1. The van der Waals surface area contributed by atoms with Gasteiger partial charge < -0.3 is 4.98 Å². The first-order valence-corrected chi connectivity index (χ1v) is 3.70. The van der Waals surface area contributed by atoms with Gasteiger partial charge in [0.15, 0.2) is 0 Å². The van der Waals surface area contributed by atoms with Crippen molar-refractivity contribution >= 4 is 17.0 Å². The van der Waals surface area contributed by atoms with Crippen molar-refractivity contribution in [2.75, 3.05) is 0 Å². The highest BCUT2D eigenvalue weighted by Crippen LogP contribution is 2.19. The smallest absolute Gasteiger partial charge is 0.123 e. The van der Waals surface area contributed by atoms with Gasteiger partial charge in [0.05, 0.1) is 0 Å². The van der Waals surface area contributed by atoms with Gasteiger partial charge in [0.25, 0.3) is 0 Å². The summed E-state index contributed by atoms with van der Waals surface area (Å²) < 4.78 is 12.8. The number of aromatic amines is 1. The normalized spacial score (nSPS) is 10.4. The Hall–Kier alpha value is -1.57. The summed E-state index contributed by atoms with van der Waals surface area (Å²) in [6.45, 7) is 3.64. The molecule has 0 radical (unpaired) electrons. The monoisotopic (exact) mass is 161 g/mol. The Morgan fingerprint density at radius 2 is 2.25 bits per heavy atom. The third-order valence-corrected chi connectivity index (χ3v) is 1.90. The fraction of sp³-hybridized carbons (Fsp3) is 0. The molecule has 0 aliphatic heterocycles. The molecule has 0 aliphatic rings. The molecule has 0 spiro atoms. The maximum Gasteiger partial charge on any atom is 0.123 e. The summed E-state index contributed by atoms with van der Waals surface area (Å²) in [4.78, 5) is 3.03. The van der Waals surface area contributed by atoms with Gasteiger partial charge >= 0.3 is 0 Å². The maximum atomic E-state index is 12.8. The molecule has 2 heteroatoms. The molecule has 12 heavy (non-hydrogen) atoms. The first-order chi connectivity index (χ1) is 5.81. The van der Waals surface area contributed by atoms with E-state index in [1.165, 1.54) is 12.1 Å². The van der Waals surface area contributed by atoms with Crippen LogP contribution in [0.25, 0.3) is 17.0 Å². The van der Waals surface area contributed by atoms with Gasteiger partial charge in [-0.25, -0.2) is 4.39 Å². The minimum atomic E-state index is -0.217. The highest BCUT2D eigenvalue weighted by atomic mass is 19.1. The number of rotatable bonds is 1. The predicted octanol–water partition coefficient (Wildman–Crippen LogP) is 2.95. The van der Waals surface area contributed by atoms with Crippen LogP contribution in [0.3, 0.4) is 0 Å². The van der Waals surface area contributed by atoms with Crippen LogP contribution in [0.5, 0.6) is 0 Å². The molecule has 1 aromatic heterocycles. The Morgan fingerprint density at radius 3 is 3.00 bits per heavy atom. The highest BCUT2D eigenvalue weighted by molar-refractivity contribution is 5.88. The minimum Gasteiger partial charge on any atom is -0.361 e. The summed E-state index contributed by atoms with van der Waals surface area (Å²) in [6, 6.07) is 4.66. The first-order valence-electron chi connectivity index (χ1n) is 3.70. The number of hydrogen-bond acceptors (Lipinski definition) is 0. The molecule has 0 atom stereocenters. The van der Waals surface area contributed by atoms with Gasteiger partial charge in [-0.15, -0.1) is 0 Å². The lowest BCUT2D eigenvalue weighted by atomic mass is 10.2. The van der Waals surface area contributed by atoms with Crippen LogP contribution in [-0.4, -0.2) is 4.98 Å². The number of hydrogen-bond donors (Lipinski definition) is 1. The molecule has 0 saturated carbocycles. The van der Waals surface area contributed by atoms with Gasteiger partial charge in [-0.3, -0.25) is 0 Å². The van der Waals surface area contributed by atoms with Crippen molar-refractivity contribution in [2.24, 2.45) is 0 Å². The zero-order valence-electron chi connectivity index (χ0n) is 6.47. The molecular formula is C10H8FN. The molecule has 60 valence electrons. The van der Waals surface area contributed by atoms with Gasteiger partial charge in [-0.1, -0.05) is 12.7 Å². The Kier molecular flexibility index (Phi) is 1.47. The Bertz CT molecular complexity index is 428. The average molecular weight is 161 g/mol. The van der Waals surface area contributed by atoms with E-state index in [9.17, 15) is 4.39 Å². The molecule has 0 saturated heterocycles. The number of nitrogens with one attached hydrogen (secondary N) is 1. The van der Waals surface area contributed by atoms with Crippen LogP contribution in [0, 0.1) is 5.82 Å². The molecular weight excluding hydrogens is 153 g/mol. The molecule has 0 amide bonds. The van der Waals surface area contributed by atoms with Crippen LogP contribution >= 0.6 is 0 Å². The van der Waals surface area contributed by atoms with E-state index in [4.69, 9.17) is 0 Å². The minimum absolute atomic E-state index is 0.217. The van der Waals surface area contributed by atoms with Crippen molar-refractivity contribution in [3.63, 3.8) is 0 Å². The SMILES string of the molecule is C=Cc1c[nH]c2ccc(F)cc12. The number of fused-ring (bicyclic) bond motifs is 1. The van der Waals surface area contributed by atoms with Crippen LogP contribution in [0.1, 0.15) is 5.56 Å². The quantitative estimate of drug-likeness (QED) is 0.661. The second-order valence-electron chi connectivity index (χ2n) is 2.64. The molecule has 1 aromatic carbocycles. The van der Waals surface area contributed by atoms with Crippen LogP contribution in [0.4, 0.5) is 4.39 Å². The van der Waals surface area contributed by atoms with Crippen molar-refractivity contribution in [2.45, 2.75) is 0 Å². The Morgan fingerprint density at radius 1 is 1.42 bits per heavy atom. The van der Waals surface area contributed by atoms with Crippen molar-refractivity contribution in [3.8, 4) is 0 Å². The van der Waals surface area contributed by atoms with E-state index in [1.54, 1.807) is 12.1 Å². The van der Waals surface area contributed by atoms with Crippen LogP contribution in [-0.2, 0) is 0 Å². The Labute approximate surface area is 69.5 Å². The van der Waals surface area contributed by atoms with E-state index in [-0.39, 0.29) is 5.82 Å². The van der Waals surface area contributed by atoms with Crippen molar-refractivity contribution in [1.82, 2.24) is 4.98 Å². The number of H-pyrrole nitrogens is 1. The van der Waals surface area contributed by atoms with Crippen molar-refractivity contribution < 1.29 is 4.39 Å². The zero-order valence-corrected chi connectivity index (χ0v) is 6.47. The number of halogens is 1. The topological polar surface area (TPSA) is 15.8 Å². The fourth-order valence-corrected chi connectivity index (χ4v) is 1.28. The van der Waals surface area contributed by atoms with Crippen LogP contribution < -0.4 is 0 Å². The van der Waals surface area contributed by atoms with Gasteiger partial charge in [-0.05, 0) is 23.8 Å². The van der Waals surface area contributed by atoms with Crippen LogP contribution in [0.2, 0.25) is 0 Å². The summed E-state index contributed by atoms with van der Waals surface area (Å²) in [7, 11) is 0. The summed E-state index contributed by atoms with van der Waals surface area (Å²) in [5, 5.41) is 0.880. The number of aromatic nitrogens is 1. The fourth-order valence-electron chi connectivity index (χ4n) is 1.28. The van der Waals surface area contributed by atoms with Crippen molar-refractivity contribution in [3.05, 3.63) is 42.4 Å². The summed E-state index contributed by atoms with van der Waals surface area (Å²) in [5.74, 6) is -0.217. The van der Waals surface area contributed by atoms with E-state index < -0.39 is 0 Å². The van der Waals surface area contributed by atoms with Gasteiger partial charge in [0, 0.05) is 17.1 Å². The second kappa shape index (κ2) is 2.48. The highest BCUT2D eigenvalue weighted by Gasteiger charge is 2.00. The third-order valence-electron chi connectivity index (χ3n) is 1.90. The largest absolute Gasteiger partial charge is 0.361 e. The molecule has 0 unspecified atom stereocenters. The standard InChI is InChI=1S/C10H8FN/c1-2-7-6-12-10-4-3-8(11)5-9(7)10/h2-6,12H,1H2. The average Bonchev–Trinajstić information content (AvgIpc) is 2.46. The molecule has 1 heterocycles. The summed E-state index contributed by atoms with van der Waals surface area (Å²) in [5.41, 5.74) is 1.87. The first kappa shape index (κ1) is 7.10. The van der Waals surface area contributed by atoms with E-state index in [0.29, 0.717) is 0 Å². The lowest BCUT2D eigenvalue weighted by Gasteiger charge is -1.91. The maximum absolute atomic E-state index is 12.8. The van der Waals surface area contributed by atoms with Crippen LogP contribution in [0.15, 0.2) is 31.0 Å². The molecule has 0 bridgehead atoms. The van der Waals surface area contributed by atoms with Gasteiger partial charge in [-0.2, -0.15) is 0 Å². The molecule has 0 aliphatic carbocycles. The molecule has 1 N–H and O–H groups in total. The summed E-state index contributed by atoms with van der Waals surface area (Å²) in [6.07, 6.45) is 3.52. The lowest BCUT2D eigenvalue weighted by Crippen LogP contribution is -1.73. The molecule has 2 aromatic rings. The lowest BCUT2D eigenvalue weighted by molar-refractivity contribution is 0.629. The van der Waals surface area contributed by atoms with Gasteiger partial charge in [0.1, 0.15) is 5.82 Å². The third kappa shape index (κ3) is 0.925. The van der Waals surface area contributed by atoms with E-state index in [1.807, 2.05) is 6.20 Å². The van der Waals surface area contributed by atoms with Crippen molar-refractivity contribution in [1.29, 1.82) is 0 Å². The van der Waals surface area contributed by atoms with E-state index >= 15 is 0 Å². The molecule has 0 fully saturated rings. The second-order valence-corrected chi connectivity index (χ2v) is 2.64. The summed E-state index contributed by atoms with van der Waals surface area (Å²) >= 11 is 0. The molecule has 2 rings (SSSR count). The van der Waals surface area contributed by atoms with E-state index in [0.717, 1.165) is 16.5 Å². The zero-order chi connectivity index (χ0) is 8.55. The predicted molar refractivity (Wildman–Crippen MR) is 48.3 cm³/mol. The Balaban J connectivity index is 2.83. The van der Waals surface area contributed by atoms with Gasteiger partial charge in [0.2, 0.25) is 0 Å².